The van der Waals surface area contributed by atoms with Crippen molar-refractivity contribution in [2.45, 2.75) is 20.0 Å². The average Bonchev–Trinajstić information content (AvgIpc) is 2.35. The highest BCUT2D eigenvalue weighted by atomic mass is 16.5. The van der Waals surface area contributed by atoms with Gasteiger partial charge in [0.25, 0.3) is 5.91 Å². The number of rotatable bonds is 5. The Bertz CT molecular complexity index is 377. The molecule has 1 aromatic carbocycles. The van der Waals surface area contributed by atoms with E-state index in [4.69, 9.17) is 4.74 Å². The summed E-state index contributed by atoms with van der Waals surface area (Å²) in [7, 11) is 1.52. The third kappa shape index (κ3) is 3.75. The van der Waals surface area contributed by atoms with Crippen LogP contribution in [0.25, 0.3) is 0 Å². The summed E-state index contributed by atoms with van der Waals surface area (Å²) in [6.07, 6.45) is -0.534. The highest BCUT2D eigenvalue weighted by molar-refractivity contribution is 5.96. The zero-order valence-electron chi connectivity index (χ0n) is 10.4. The van der Waals surface area contributed by atoms with Crippen LogP contribution in [-0.4, -0.2) is 30.8 Å². The Morgan fingerprint density at radius 2 is 2.06 bits per heavy atom. The molecule has 0 aliphatic carbocycles. The number of hydrogen-bond donors (Lipinski definition) is 2. The molecule has 0 saturated heterocycles. The molecule has 1 unspecified atom stereocenters. The standard InChI is InChI=1S/C13H19NO3/c1-9(2)11(15)8-14-13(16)10-6-4-5-7-12(10)17-3/h4-7,9,11,15H,8H2,1-3H3,(H,14,16). The van der Waals surface area contributed by atoms with Gasteiger partial charge in [-0.3, -0.25) is 4.79 Å². The lowest BCUT2D eigenvalue weighted by molar-refractivity contribution is 0.0869. The maximum Gasteiger partial charge on any atom is 0.255 e. The van der Waals surface area contributed by atoms with Crippen molar-refractivity contribution in [3.63, 3.8) is 0 Å². The number of carbonyl (C=O) groups is 1. The molecule has 4 nitrogen and oxygen atoms in total. The number of amides is 1. The van der Waals surface area contributed by atoms with Gasteiger partial charge < -0.3 is 15.2 Å². The molecule has 4 heteroatoms. The van der Waals surface area contributed by atoms with Crippen LogP contribution >= 0.6 is 0 Å². The zero-order chi connectivity index (χ0) is 12.8. The molecule has 0 aliphatic heterocycles. The van der Waals surface area contributed by atoms with Gasteiger partial charge in [0.1, 0.15) is 5.75 Å². The van der Waals surface area contributed by atoms with Crippen LogP contribution in [0.3, 0.4) is 0 Å². The van der Waals surface area contributed by atoms with Gasteiger partial charge in [0.2, 0.25) is 0 Å². The summed E-state index contributed by atoms with van der Waals surface area (Å²) in [5.74, 6) is 0.416. The van der Waals surface area contributed by atoms with E-state index in [-0.39, 0.29) is 18.4 Å². The van der Waals surface area contributed by atoms with E-state index in [1.165, 1.54) is 7.11 Å². The summed E-state index contributed by atoms with van der Waals surface area (Å²) >= 11 is 0. The second-order valence-electron chi connectivity index (χ2n) is 4.22. The van der Waals surface area contributed by atoms with E-state index in [1.54, 1.807) is 24.3 Å². The first kappa shape index (κ1) is 13.5. The van der Waals surface area contributed by atoms with Gasteiger partial charge in [0.15, 0.2) is 0 Å². The number of aliphatic hydroxyl groups excluding tert-OH is 1. The number of benzene rings is 1. The molecule has 94 valence electrons. The molecule has 1 rings (SSSR count). The van der Waals surface area contributed by atoms with Crippen molar-refractivity contribution in [2.24, 2.45) is 5.92 Å². The first-order valence-electron chi connectivity index (χ1n) is 5.65. The number of methoxy groups -OCH3 is 1. The first-order chi connectivity index (χ1) is 8.06. The van der Waals surface area contributed by atoms with Gasteiger partial charge in [-0.25, -0.2) is 0 Å². The Morgan fingerprint density at radius 3 is 2.65 bits per heavy atom. The fraction of sp³-hybridized carbons (Fsp3) is 0.462. The molecule has 0 aliphatic rings. The number of para-hydroxylation sites is 1. The Labute approximate surface area is 102 Å². The number of carbonyl (C=O) groups excluding carboxylic acids is 1. The number of ether oxygens (including phenoxy) is 1. The van der Waals surface area contributed by atoms with E-state index in [0.29, 0.717) is 11.3 Å². The summed E-state index contributed by atoms with van der Waals surface area (Å²) in [6, 6.07) is 7.00. The molecule has 0 aromatic heterocycles. The molecule has 0 heterocycles. The van der Waals surface area contributed by atoms with Crippen molar-refractivity contribution in [2.75, 3.05) is 13.7 Å². The molecular weight excluding hydrogens is 218 g/mol. The van der Waals surface area contributed by atoms with E-state index in [1.807, 2.05) is 13.8 Å². The van der Waals surface area contributed by atoms with Crippen LogP contribution in [0.2, 0.25) is 0 Å². The second-order valence-corrected chi connectivity index (χ2v) is 4.22. The van der Waals surface area contributed by atoms with Gasteiger partial charge >= 0.3 is 0 Å². The molecule has 2 N–H and O–H groups in total. The molecule has 0 bridgehead atoms. The zero-order valence-corrected chi connectivity index (χ0v) is 10.4. The molecule has 0 saturated carbocycles. The lowest BCUT2D eigenvalue weighted by Gasteiger charge is -2.15. The van der Waals surface area contributed by atoms with E-state index < -0.39 is 6.10 Å². The van der Waals surface area contributed by atoms with Crippen LogP contribution in [0.5, 0.6) is 5.75 Å². The molecule has 0 spiro atoms. The largest absolute Gasteiger partial charge is 0.496 e. The third-order valence-corrected chi connectivity index (χ3v) is 2.59. The van der Waals surface area contributed by atoms with Crippen molar-refractivity contribution in [3.8, 4) is 5.75 Å². The molecule has 17 heavy (non-hydrogen) atoms. The predicted octanol–water partition coefficient (Wildman–Crippen LogP) is 1.44. The summed E-state index contributed by atoms with van der Waals surface area (Å²) in [6.45, 7) is 4.05. The normalized spacial score (nSPS) is 12.3. The molecule has 0 radical (unpaired) electrons. The van der Waals surface area contributed by atoms with Crippen LogP contribution in [0.15, 0.2) is 24.3 Å². The molecule has 1 atom stereocenters. The van der Waals surface area contributed by atoms with E-state index >= 15 is 0 Å². The molecule has 0 fully saturated rings. The molecule has 1 amide bonds. The quantitative estimate of drug-likeness (QED) is 0.814. The maximum absolute atomic E-state index is 11.8. The highest BCUT2D eigenvalue weighted by Gasteiger charge is 2.14. The minimum absolute atomic E-state index is 0.118. The Balaban J connectivity index is 2.64. The predicted molar refractivity (Wildman–Crippen MR) is 66.2 cm³/mol. The fourth-order valence-corrected chi connectivity index (χ4v) is 1.36. The van der Waals surface area contributed by atoms with Crippen molar-refractivity contribution < 1.29 is 14.6 Å². The molecule has 1 aromatic rings. The minimum Gasteiger partial charge on any atom is -0.496 e. The van der Waals surface area contributed by atoms with Gasteiger partial charge in [-0.1, -0.05) is 26.0 Å². The van der Waals surface area contributed by atoms with E-state index in [2.05, 4.69) is 5.32 Å². The van der Waals surface area contributed by atoms with Gasteiger partial charge in [-0.05, 0) is 18.1 Å². The molecular formula is C13H19NO3. The average molecular weight is 237 g/mol. The summed E-state index contributed by atoms with van der Waals surface area (Å²) in [4.78, 5) is 11.8. The Morgan fingerprint density at radius 1 is 1.41 bits per heavy atom. The first-order valence-corrected chi connectivity index (χ1v) is 5.65. The van der Waals surface area contributed by atoms with Gasteiger partial charge in [0.05, 0.1) is 18.8 Å². The summed E-state index contributed by atoms with van der Waals surface area (Å²) in [5.41, 5.74) is 0.478. The third-order valence-electron chi connectivity index (χ3n) is 2.59. The summed E-state index contributed by atoms with van der Waals surface area (Å²) in [5, 5.41) is 12.3. The van der Waals surface area contributed by atoms with E-state index in [9.17, 15) is 9.90 Å². The van der Waals surface area contributed by atoms with Crippen LogP contribution < -0.4 is 10.1 Å². The number of nitrogens with one attached hydrogen (secondary N) is 1. The summed E-state index contributed by atoms with van der Waals surface area (Å²) < 4.78 is 5.10. The number of hydrogen-bond acceptors (Lipinski definition) is 3. The maximum atomic E-state index is 11.8. The topological polar surface area (TPSA) is 58.6 Å². The van der Waals surface area contributed by atoms with Crippen molar-refractivity contribution in [1.82, 2.24) is 5.32 Å². The minimum atomic E-state index is -0.534. The lowest BCUT2D eigenvalue weighted by Crippen LogP contribution is -2.34. The van der Waals surface area contributed by atoms with Crippen LogP contribution in [-0.2, 0) is 0 Å². The lowest BCUT2D eigenvalue weighted by atomic mass is 10.1. The van der Waals surface area contributed by atoms with Crippen LogP contribution in [0.4, 0.5) is 0 Å². The van der Waals surface area contributed by atoms with Gasteiger partial charge in [-0.2, -0.15) is 0 Å². The monoisotopic (exact) mass is 237 g/mol. The van der Waals surface area contributed by atoms with E-state index in [0.717, 1.165) is 0 Å². The number of aliphatic hydroxyl groups is 1. The Kier molecular flexibility index (Phi) is 4.97. The van der Waals surface area contributed by atoms with Crippen molar-refractivity contribution >= 4 is 5.91 Å². The second kappa shape index (κ2) is 6.25. The van der Waals surface area contributed by atoms with Crippen LogP contribution in [0.1, 0.15) is 24.2 Å². The van der Waals surface area contributed by atoms with Gasteiger partial charge in [0, 0.05) is 6.54 Å². The van der Waals surface area contributed by atoms with Crippen molar-refractivity contribution in [1.29, 1.82) is 0 Å². The van der Waals surface area contributed by atoms with Gasteiger partial charge in [-0.15, -0.1) is 0 Å². The smallest absolute Gasteiger partial charge is 0.255 e. The van der Waals surface area contributed by atoms with Crippen LogP contribution in [0, 0.1) is 5.92 Å². The Hall–Kier alpha value is -1.55. The SMILES string of the molecule is COc1ccccc1C(=O)NCC(O)C(C)C. The van der Waals surface area contributed by atoms with Crippen molar-refractivity contribution in [3.05, 3.63) is 29.8 Å². The highest BCUT2D eigenvalue weighted by Crippen LogP contribution is 2.16. The fourth-order valence-electron chi connectivity index (χ4n) is 1.36.